The van der Waals surface area contributed by atoms with Crippen LogP contribution in [0.5, 0.6) is 0 Å². The van der Waals surface area contributed by atoms with E-state index in [4.69, 9.17) is 10.7 Å². The number of hydrogen-bond acceptors (Lipinski definition) is 5. The van der Waals surface area contributed by atoms with Crippen LogP contribution in [0.3, 0.4) is 0 Å². The third-order valence-electron chi connectivity index (χ3n) is 10.1. The molecule has 212 valence electrons. The maximum absolute atomic E-state index is 14.2. The first-order valence-electron chi connectivity index (χ1n) is 15.2. The summed E-state index contributed by atoms with van der Waals surface area (Å²) in [7, 11) is 0. The highest BCUT2D eigenvalue weighted by atomic mass is 16.2. The zero-order valence-corrected chi connectivity index (χ0v) is 23.6. The lowest BCUT2D eigenvalue weighted by Crippen LogP contribution is -2.58. The highest BCUT2D eigenvalue weighted by Gasteiger charge is 2.44. The number of nitrogens with two attached hydrogens (primary N) is 1. The van der Waals surface area contributed by atoms with Crippen molar-refractivity contribution in [3.8, 4) is 11.3 Å². The van der Waals surface area contributed by atoms with Crippen LogP contribution in [0.2, 0.25) is 0 Å². The second-order valence-electron chi connectivity index (χ2n) is 12.3. The van der Waals surface area contributed by atoms with Gasteiger partial charge in [-0.25, -0.2) is 4.98 Å². The highest BCUT2D eigenvalue weighted by Crippen LogP contribution is 2.45. The lowest BCUT2D eigenvalue weighted by molar-refractivity contribution is -0.0431. The van der Waals surface area contributed by atoms with Crippen LogP contribution in [0.25, 0.3) is 22.3 Å². The number of pyridine rings is 1. The van der Waals surface area contributed by atoms with Crippen molar-refractivity contribution in [3.05, 3.63) is 62.8 Å². The number of hydrogen-bond donors (Lipinski definition) is 2. The van der Waals surface area contributed by atoms with Crippen molar-refractivity contribution in [1.29, 1.82) is 0 Å². The van der Waals surface area contributed by atoms with Crippen molar-refractivity contribution < 1.29 is 4.79 Å². The second kappa shape index (κ2) is 11.0. The summed E-state index contributed by atoms with van der Waals surface area (Å²) in [5.74, 6) is 0.806. The maximum atomic E-state index is 14.2. The fourth-order valence-corrected chi connectivity index (χ4v) is 8.14. The predicted molar refractivity (Wildman–Crippen MR) is 157 cm³/mol. The third-order valence-corrected chi connectivity index (χ3v) is 10.1. The van der Waals surface area contributed by atoms with Gasteiger partial charge in [0.25, 0.3) is 17.0 Å². The van der Waals surface area contributed by atoms with Gasteiger partial charge in [0, 0.05) is 35.9 Å². The van der Waals surface area contributed by atoms with Crippen molar-refractivity contribution in [1.82, 2.24) is 19.4 Å². The van der Waals surface area contributed by atoms with Crippen LogP contribution in [0.4, 0.5) is 0 Å². The fourth-order valence-electron chi connectivity index (χ4n) is 8.14. The van der Waals surface area contributed by atoms with Gasteiger partial charge in [-0.1, -0.05) is 45.2 Å². The lowest BCUT2D eigenvalue weighted by atomic mass is 9.72. The van der Waals surface area contributed by atoms with E-state index in [0.717, 1.165) is 35.7 Å². The molecule has 4 atom stereocenters. The minimum absolute atomic E-state index is 0.0663. The Morgan fingerprint density at radius 2 is 1.62 bits per heavy atom. The van der Waals surface area contributed by atoms with Crippen molar-refractivity contribution >= 4 is 16.9 Å². The number of rotatable bonds is 6. The molecule has 6 rings (SSSR count). The molecule has 2 aromatic heterocycles. The number of aromatic nitrogens is 3. The molecule has 0 radical (unpaired) electrons. The summed E-state index contributed by atoms with van der Waals surface area (Å²) in [5, 5.41) is 0. The molecule has 2 saturated heterocycles. The Balaban J connectivity index is 1.39. The molecule has 1 aromatic carbocycles. The van der Waals surface area contributed by atoms with E-state index in [9.17, 15) is 14.4 Å². The predicted octanol–water partition coefficient (Wildman–Crippen LogP) is 5.01. The molecule has 1 saturated carbocycles. The number of aromatic amines is 1. The number of carbonyl (C=O) groups excluding carboxylic acids is 1. The summed E-state index contributed by atoms with van der Waals surface area (Å²) in [6.07, 6.45) is 13.5. The molecule has 2 bridgehead atoms. The van der Waals surface area contributed by atoms with Gasteiger partial charge < -0.3 is 15.3 Å². The van der Waals surface area contributed by atoms with Crippen LogP contribution in [0, 0.1) is 11.8 Å². The average Bonchev–Trinajstić information content (AvgIpc) is 2.96. The standard InChI is InChI=1S/C32H41N5O3/c1-3-19-12-20(4-2)14-24(13-19)36-22-8-7-9-23(36)17-25(16-22)37-28-11-6-5-10-27(28)35-29(32(37)40)21-15-26(30(33)38)31(39)34-18-21/h5-6,10-11,15,18-20,22-25H,3-4,7-9,12-14,16-17H2,1-2H3,(H2,33,38)(H,34,39). The van der Waals surface area contributed by atoms with Gasteiger partial charge in [-0.15, -0.1) is 0 Å². The quantitative estimate of drug-likeness (QED) is 0.453. The van der Waals surface area contributed by atoms with Gasteiger partial charge in [0.05, 0.1) is 11.0 Å². The molecule has 3 fully saturated rings. The number of nitrogens with one attached hydrogen (secondary N) is 1. The molecule has 1 aliphatic carbocycles. The van der Waals surface area contributed by atoms with Crippen LogP contribution >= 0.6 is 0 Å². The number of benzene rings is 1. The van der Waals surface area contributed by atoms with Gasteiger partial charge in [-0.2, -0.15) is 0 Å². The van der Waals surface area contributed by atoms with Crippen molar-refractivity contribution in [2.45, 2.75) is 102 Å². The molecule has 3 aromatic rings. The van der Waals surface area contributed by atoms with Gasteiger partial charge in [0.2, 0.25) is 0 Å². The monoisotopic (exact) mass is 543 g/mol. The van der Waals surface area contributed by atoms with E-state index in [0.29, 0.717) is 23.7 Å². The van der Waals surface area contributed by atoms with Gasteiger partial charge in [0.15, 0.2) is 0 Å². The molecule has 3 aliphatic rings. The van der Waals surface area contributed by atoms with Crippen molar-refractivity contribution in [2.24, 2.45) is 17.6 Å². The van der Waals surface area contributed by atoms with Crippen LogP contribution in [-0.4, -0.2) is 43.5 Å². The Morgan fingerprint density at radius 1 is 0.950 bits per heavy atom. The molecule has 4 unspecified atom stereocenters. The molecule has 4 heterocycles. The fraction of sp³-hybridized carbons (Fsp3) is 0.562. The average molecular weight is 544 g/mol. The van der Waals surface area contributed by atoms with Gasteiger partial charge in [-0.05, 0) is 75.0 Å². The largest absolute Gasteiger partial charge is 0.365 e. The van der Waals surface area contributed by atoms with E-state index in [1.165, 1.54) is 63.6 Å². The van der Waals surface area contributed by atoms with Gasteiger partial charge in [-0.3, -0.25) is 19.3 Å². The minimum atomic E-state index is -0.831. The zero-order chi connectivity index (χ0) is 28.0. The minimum Gasteiger partial charge on any atom is -0.365 e. The number of carbonyl (C=O) groups is 1. The van der Waals surface area contributed by atoms with E-state index < -0.39 is 11.5 Å². The molecule has 1 amide bonds. The van der Waals surface area contributed by atoms with Gasteiger partial charge >= 0.3 is 0 Å². The topological polar surface area (TPSA) is 114 Å². The molecule has 3 N–H and O–H groups in total. The molecule has 8 heteroatoms. The van der Waals surface area contributed by atoms with E-state index in [2.05, 4.69) is 23.7 Å². The first kappa shape index (κ1) is 26.9. The van der Waals surface area contributed by atoms with Crippen molar-refractivity contribution in [2.75, 3.05) is 0 Å². The summed E-state index contributed by atoms with van der Waals surface area (Å²) in [5.41, 5.74) is 6.68. The normalized spacial score (nSPS) is 28.9. The van der Waals surface area contributed by atoms with E-state index in [1.54, 1.807) is 0 Å². The molecule has 0 spiro atoms. The lowest BCUT2D eigenvalue weighted by Gasteiger charge is -2.54. The summed E-state index contributed by atoms with van der Waals surface area (Å²) >= 11 is 0. The summed E-state index contributed by atoms with van der Waals surface area (Å²) in [4.78, 5) is 48.4. The number of piperidine rings is 2. The highest BCUT2D eigenvalue weighted by molar-refractivity contribution is 5.93. The van der Waals surface area contributed by atoms with Crippen LogP contribution in [-0.2, 0) is 0 Å². The number of para-hydroxylation sites is 2. The number of fused-ring (bicyclic) bond motifs is 3. The Labute approximate surface area is 235 Å². The maximum Gasteiger partial charge on any atom is 0.277 e. The molecule has 8 nitrogen and oxygen atoms in total. The molecular weight excluding hydrogens is 502 g/mol. The smallest absolute Gasteiger partial charge is 0.277 e. The molecule has 40 heavy (non-hydrogen) atoms. The first-order chi connectivity index (χ1) is 19.4. The number of H-pyrrole nitrogens is 1. The number of primary amides is 1. The summed E-state index contributed by atoms with van der Waals surface area (Å²) in [6.45, 7) is 4.69. The van der Waals surface area contributed by atoms with Crippen LogP contribution in [0.1, 0.15) is 94.5 Å². The van der Waals surface area contributed by atoms with Crippen LogP contribution < -0.4 is 16.9 Å². The Kier molecular flexibility index (Phi) is 7.38. The SMILES string of the molecule is CCC1CC(CC)CC(N2C3CCCC2CC(n2c(=O)c(-c4c[nH]c(=O)c(C(N)=O)c4)nc4ccccc42)C3)C1. The van der Waals surface area contributed by atoms with Gasteiger partial charge in [0.1, 0.15) is 11.3 Å². The number of amides is 1. The Hall–Kier alpha value is -3.26. The molecular formula is C32H41N5O3. The van der Waals surface area contributed by atoms with E-state index in [1.807, 2.05) is 28.8 Å². The zero-order valence-electron chi connectivity index (χ0n) is 23.6. The second-order valence-corrected chi connectivity index (χ2v) is 12.3. The summed E-state index contributed by atoms with van der Waals surface area (Å²) in [6, 6.07) is 10.8. The van der Waals surface area contributed by atoms with E-state index >= 15 is 0 Å². The number of nitrogens with zero attached hydrogens (tertiary/aromatic N) is 3. The Morgan fingerprint density at radius 3 is 2.27 bits per heavy atom. The molecule has 2 aliphatic heterocycles. The van der Waals surface area contributed by atoms with Crippen molar-refractivity contribution in [3.63, 3.8) is 0 Å². The third kappa shape index (κ3) is 4.80. The Bertz CT molecular complexity index is 1500. The summed E-state index contributed by atoms with van der Waals surface area (Å²) < 4.78 is 1.96. The first-order valence-corrected chi connectivity index (χ1v) is 15.2. The van der Waals surface area contributed by atoms with E-state index in [-0.39, 0.29) is 22.9 Å². The van der Waals surface area contributed by atoms with Crippen LogP contribution in [0.15, 0.2) is 46.1 Å².